The predicted molar refractivity (Wildman–Crippen MR) is 103 cm³/mol. The van der Waals surface area contributed by atoms with Crippen LogP contribution in [0.5, 0.6) is 0 Å². The third kappa shape index (κ3) is 3.05. The van der Waals surface area contributed by atoms with E-state index < -0.39 is 17.9 Å². The minimum absolute atomic E-state index is 0.0347. The largest absolute Gasteiger partial charge is 0.417 e. The fourth-order valence-electron chi connectivity index (χ4n) is 4.38. The first-order valence-electron chi connectivity index (χ1n) is 9.67. The number of alkyl halides is 3. The Labute approximate surface area is 170 Å². The van der Waals surface area contributed by atoms with Crippen LogP contribution in [0.4, 0.5) is 13.2 Å². The van der Waals surface area contributed by atoms with Crippen molar-refractivity contribution in [3.63, 3.8) is 0 Å². The highest BCUT2D eigenvalue weighted by Gasteiger charge is 2.49. The molecule has 6 nitrogen and oxygen atoms in total. The van der Waals surface area contributed by atoms with Crippen molar-refractivity contribution in [3.05, 3.63) is 60.0 Å². The Bertz CT molecular complexity index is 1110. The third-order valence-electron chi connectivity index (χ3n) is 5.97. The van der Waals surface area contributed by atoms with Crippen LogP contribution in [0.3, 0.4) is 0 Å². The number of dihydropyridines is 1. The maximum atomic E-state index is 12.8. The number of amides is 2. The minimum Gasteiger partial charge on any atom is -0.367 e. The van der Waals surface area contributed by atoms with Gasteiger partial charge in [-0.1, -0.05) is 0 Å². The highest BCUT2D eigenvalue weighted by molar-refractivity contribution is 5.99. The highest BCUT2D eigenvalue weighted by Crippen LogP contribution is 2.33. The molecule has 2 aromatic rings. The first kappa shape index (κ1) is 18.8. The molecule has 2 fully saturated rings. The molecular weight excluding hydrogens is 397 g/mol. The Kier molecular flexibility index (Phi) is 4.00. The summed E-state index contributed by atoms with van der Waals surface area (Å²) >= 11 is 0. The number of nitrogens with one attached hydrogen (secondary N) is 2. The van der Waals surface area contributed by atoms with Crippen molar-refractivity contribution in [3.8, 4) is 0 Å². The third-order valence-corrected chi connectivity index (χ3v) is 5.97. The average Bonchev–Trinajstić information content (AvgIpc) is 3.29. The first-order chi connectivity index (χ1) is 14.2. The van der Waals surface area contributed by atoms with E-state index in [-0.39, 0.29) is 17.4 Å². The van der Waals surface area contributed by atoms with Gasteiger partial charge in [-0.25, -0.2) is 0 Å². The van der Waals surface area contributed by atoms with Crippen molar-refractivity contribution in [2.24, 2.45) is 0 Å². The van der Waals surface area contributed by atoms with Gasteiger partial charge in [0.1, 0.15) is 6.17 Å². The molecule has 2 saturated heterocycles. The zero-order valence-electron chi connectivity index (χ0n) is 15.9. The van der Waals surface area contributed by atoms with Crippen LogP contribution in [-0.4, -0.2) is 46.1 Å². The molecular formula is C21H19F3N4O2. The molecule has 1 aromatic heterocycles. The summed E-state index contributed by atoms with van der Waals surface area (Å²) in [4.78, 5) is 26.0. The van der Waals surface area contributed by atoms with E-state index in [1.54, 1.807) is 29.3 Å². The van der Waals surface area contributed by atoms with Crippen molar-refractivity contribution in [1.82, 2.24) is 20.1 Å². The number of nitrogens with zero attached hydrogens (tertiary/aromatic N) is 2. The lowest BCUT2D eigenvalue weighted by Gasteiger charge is -2.47. The number of halogens is 3. The summed E-state index contributed by atoms with van der Waals surface area (Å²) in [7, 11) is 0. The number of rotatable bonds is 2. The molecule has 0 radical (unpaired) electrons. The number of hydrogen-bond acceptors (Lipinski definition) is 3. The lowest BCUT2D eigenvalue weighted by atomic mass is 9.87. The number of aromatic nitrogens is 1. The lowest BCUT2D eigenvalue weighted by molar-refractivity contribution is -0.120. The maximum Gasteiger partial charge on any atom is 0.417 e. The number of carbonyl (C=O) groups is 2. The van der Waals surface area contributed by atoms with Gasteiger partial charge in [0, 0.05) is 42.9 Å². The van der Waals surface area contributed by atoms with Gasteiger partial charge in [-0.05, 0) is 42.8 Å². The lowest BCUT2D eigenvalue weighted by Crippen LogP contribution is -2.68. The summed E-state index contributed by atoms with van der Waals surface area (Å²) in [5.74, 6) is -0.0581. The Hall–Kier alpha value is -3.23. The second kappa shape index (κ2) is 6.38. The Balaban J connectivity index is 1.31. The second-order valence-electron chi connectivity index (χ2n) is 8.05. The van der Waals surface area contributed by atoms with Gasteiger partial charge in [0.15, 0.2) is 0 Å². The first-order valence-corrected chi connectivity index (χ1v) is 9.67. The Morgan fingerprint density at radius 1 is 1.20 bits per heavy atom. The van der Waals surface area contributed by atoms with E-state index in [1.807, 2.05) is 10.6 Å². The number of benzene rings is 1. The number of carbonyl (C=O) groups excluding carboxylic acids is 2. The maximum absolute atomic E-state index is 12.8. The van der Waals surface area contributed by atoms with Gasteiger partial charge in [-0.15, -0.1) is 0 Å². The molecule has 1 aromatic carbocycles. The fraction of sp³-hybridized carbons (Fsp3) is 0.333. The highest BCUT2D eigenvalue weighted by atomic mass is 19.4. The summed E-state index contributed by atoms with van der Waals surface area (Å²) in [6.07, 6.45) is 1.68. The van der Waals surface area contributed by atoms with E-state index in [1.165, 1.54) is 6.08 Å². The molecule has 9 heteroatoms. The van der Waals surface area contributed by atoms with Gasteiger partial charge in [0.2, 0.25) is 5.91 Å². The van der Waals surface area contributed by atoms with Gasteiger partial charge in [-0.3, -0.25) is 9.59 Å². The number of allylic oxidation sites excluding steroid dienone is 2. The second-order valence-corrected chi connectivity index (χ2v) is 8.05. The van der Waals surface area contributed by atoms with Crippen molar-refractivity contribution < 1.29 is 22.8 Å². The molecule has 4 heterocycles. The van der Waals surface area contributed by atoms with Gasteiger partial charge in [0.05, 0.1) is 16.6 Å². The SMILES string of the molecule is O=C1CCC2(CN(C(=O)c3ccc4c(ccn4C4C=CC(C(F)(F)F)=CN4)c3)C2)N1. The van der Waals surface area contributed by atoms with Crippen molar-refractivity contribution in [2.75, 3.05) is 13.1 Å². The zero-order valence-corrected chi connectivity index (χ0v) is 15.9. The number of hydrogen-bond donors (Lipinski definition) is 2. The van der Waals surface area contributed by atoms with E-state index in [0.717, 1.165) is 29.6 Å². The topological polar surface area (TPSA) is 66.4 Å². The summed E-state index contributed by atoms with van der Waals surface area (Å²) in [5.41, 5.74) is 0.363. The van der Waals surface area contributed by atoms with Crippen LogP contribution in [0.25, 0.3) is 10.9 Å². The van der Waals surface area contributed by atoms with E-state index in [0.29, 0.717) is 25.1 Å². The number of likely N-dealkylation sites (tertiary alicyclic amines) is 1. The molecule has 3 aliphatic heterocycles. The molecule has 0 aliphatic carbocycles. The van der Waals surface area contributed by atoms with Crippen LogP contribution in [-0.2, 0) is 4.79 Å². The molecule has 1 atom stereocenters. The van der Waals surface area contributed by atoms with Crippen LogP contribution >= 0.6 is 0 Å². The molecule has 5 rings (SSSR count). The van der Waals surface area contributed by atoms with Crippen LogP contribution < -0.4 is 10.6 Å². The Morgan fingerprint density at radius 2 is 2.00 bits per heavy atom. The van der Waals surface area contributed by atoms with Gasteiger partial charge >= 0.3 is 6.18 Å². The molecule has 2 amide bonds. The van der Waals surface area contributed by atoms with Crippen molar-refractivity contribution in [2.45, 2.75) is 30.7 Å². The van der Waals surface area contributed by atoms with Crippen LogP contribution in [0.1, 0.15) is 29.4 Å². The van der Waals surface area contributed by atoms with Gasteiger partial charge < -0.3 is 20.1 Å². The van der Waals surface area contributed by atoms with Crippen molar-refractivity contribution in [1.29, 1.82) is 0 Å². The number of fused-ring (bicyclic) bond motifs is 1. The van der Waals surface area contributed by atoms with Gasteiger partial charge in [-0.2, -0.15) is 13.2 Å². The molecule has 2 N–H and O–H groups in total. The smallest absolute Gasteiger partial charge is 0.367 e. The van der Waals surface area contributed by atoms with Crippen molar-refractivity contribution >= 4 is 22.7 Å². The van der Waals surface area contributed by atoms with Crippen LogP contribution in [0, 0.1) is 0 Å². The predicted octanol–water partition coefficient (Wildman–Crippen LogP) is 2.85. The van der Waals surface area contributed by atoms with Crippen LogP contribution in [0.15, 0.2) is 54.4 Å². The van der Waals surface area contributed by atoms with E-state index >= 15 is 0 Å². The summed E-state index contributed by atoms with van der Waals surface area (Å²) in [6, 6.07) is 7.15. The molecule has 156 valence electrons. The fourth-order valence-corrected chi connectivity index (χ4v) is 4.38. The standard InChI is InChI=1S/C21H19F3N4O2/c22-21(23,24)15-2-4-17(25-10-15)28-8-6-13-9-14(1-3-16(13)28)19(30)27-11-20(12-27)7-5-18(29)26-20/h1-4,6,8-10,17,25H,5,7,11-12H2,(H,26,29). The molecule has 0 bridgehead atoms. The van der Waals surface area contributed by atoms with E-state index in [2.05, 4.69) is 10.6 Å². The molecule has 1 spiro atoms. The monoisotopic (exact) mass is 416 g/mol. The molecule has 3 aliphatic rings. The Morgan fingerprint density at radius 3 is 2.63 bits per heavy atom. The summed E-state index contributed by atoms with van der Waals surface area (Å²) in [6.45, 7) is 1.03. The zero-order chi connectivity index (χ0) is 21.1. The normalized spacial score (nSPS) is 22.6. The summed E-state index contributed by atoms with van der Waals surface area (Å²) in [5, 5.41) is 6.55. The summed E-state index contributed by atoms with van der Waals surface area (Å²) < 4.78 is 40.1. The molecule has 1 unspecified atom stereocenters. The van der Waals surface area contributed by atoms with E-state index in [4.69, 9.17) is 0 Å². The van der Waals surface area contributed by atoms with Gasteiger partial charge in [0.25, 0.3) is 5.91 Å². The van der Waals surface area contributed by atoms with Crippen LogP contribution in [0.2, 0.25) is 0 Å². The quantitative estimate of drug-likeness (QED) is 0.791. The average molecular weight is 416 g/mol. The molecule has 0 saturated carbocycles. The van der Waals surface area contributed by atoms with E-state index in [9.17, 15) is 22.8 Å². The minimum atomic E-state index is -4.39. The molecule has 30 heavy (non-hydrogen) atoms.